The molecule has 0 saturated heterocycles. The molecule has 1 aromatic heterocycles. The first-order valence-electron chi connectivity index (χ1n) is 3.93. The van der Waals surface area contributed by atoms with Crippen molar-refractivity contribution in [3.63, 3.8) is 0 Å². The monoisotopic (exact) mass is 177 g/mol. The molecule has 0 aromatic carbocycles. The maximum absolute atomic E-state index is 10.9. The van der Waals surface area contributed by atoms with Crippen molar-refractivity contribution in [1.82, 2.24) is 15.5 Å². The molecule has 1 aromatic rings. The van der Waals surface area contributed by atoms with Gasteiger partial charge in [-0.15, -0.1) is 0 Å². The standard InChI is InChI=1S/C9H11N3O/c1-3-4-9(13)10-5-8-6-11-12-7(8)2/h6H,5H2,1-2H3,(H,10,13)(H,11,12). The third-order valence-electron chi connectivity index (χ3n) is 1.61. The van der Waals surface area contributed by atoms with E-state index in [2.05, 4.69) is 27.4 Å². The topological polar surface area (TPSA) is 57.8 Å². The largest absolute Gasteiger partial charge is 0.341 e. The van der Waals surface area contributed by atoms with Crippen molar-refractivity contribution in [2.45, 2.75) is 20.4 Å². The van der Waals surface area contributed by atoms with Gasteiger partial charge in [-0.25, -0.2) is 0 Å². The average Bonchev–Trinajstić information content (AvgIpc) is 2.48. The van der Waals surface area contributed by atoms with Crippen molar-refractivity contribution >= 4 is 5.91 Å². The van der Waals surface area contributed by atoms with Crippen molar-refractivity contribution in [1.29, 1.82) is 0 Å². The molecule has 1 rings (SSSR count). The Balaban J connectivity index is 2.47. The lowest BCUT2D eigenvalue weighted by Crippen LogP contribution is -2.20. The number of amides is 1. The van der Waals surface area contributed by atoms with E-state index in [1.165, 1.54) is 0 Å². The summed E-state index contributed by atoms with van der Waals surface area (Å²) in [6.45, 7) is 4.00. The van der Waals surface area contributed by atoms with Gasteiger partial charge in [-0.2, -0.15) is 5.10 Å². The molecule has 1 amide bonds. The summed E-state index contributed by atoms with van der Waals surface area (Å²) in [5.41, 5.74) is 1.94. The Morgan fingerprint density at radius 2 is 2.54 bits per heavy atom. The van der Waals surface area contributed by atoms with Gasteiger partial charge in [-0.1, -0.05) is 5.92 Å². The van der Waals surface area contributed by atoms with Crippen LogP contribution in [-0.4, -0.2) is 16.1 Å². The van der Waals surface area contributed by atoms with Crippen LogP contribution in [-0.2, 0) is 11.3 Å². The fraction of sp³-hybridized carbons (Fsp3) is 0.333. The molecule has 68 valence electrons. The summed E-state index contributed by atoms with van der Waals surface area (Å²) in [6, 6.07) is 0. The summed E-state index contributed by atoms with van der Waals surface area (Å²) < 4.78 is 0. The molecular weight excluding hydrogens is 166 g/mol. The van der Waals surface area contributed by atoms with Crippen LogP contribution >= 0.6 is 0 Å². The van der Waals surface area contributed by atoms with Crippen LogP contribution in [0.2, 0.25) is 0 Å². The predicted molar refractivity (Wildman–Crippen MR) is 48.6 cm³/mol. The van der Waals surface area contributed by atoms with E-state index < -0.39 is 0 Å². The fourth-order valence-corrected chi connectivity index (χ4v) is 0.887. The van der Waals surface area contributed by atoms with Crippen LogP contribution in [0.4, 0.5) is 0 Å². The van der Waals surface area contributed by atoms with Crippen LogP contribution < -0.4 is 5.32 Å². The van der Waals surface area contributed by atoms with Gasteiger partial charge in [0.05, 0.1) is 6.20 Å². The third kappa shape index (κ3) is 2.64. The lowest BCUT2D eigenvalue weighted by atomic mass is 10.2. The molecule has 4 heteroatoms. The fourth-order valence-electron chi connectivity index (χ4n) is 0.887. The summed E-state index contributed by atoms with van der Waals surface area (Å²) in [6.07, 6.45) is 1.69. The molecule has 0 spiro atoms. The molecule has 13 heavy (non-hydrogen) atoms. The van der Waals surface area contributed by atoms with Gasteiger partial charge in [-0.05, 0) is 19.8 Å². The van der Waals surface area contributed by atoms with Gasteiger partial charge in [-0.3, -0.25) is 9.89 Å². The molecule has 0 unspecified atom stereocenters. The molecule has 0 radical (unpaired) electrons. The maximum atomic E-state index is 10.9. The summed E-state index contributed by atoms with van der Waals surface area (Å²) in [5, 5.41) is 9.27. The molecule has 0 aliphatic rings. The Morgan fingerprint density at radius 1 is 1.77 bits per heavy atom. The molecule has 0 fully saturated rings. The van der Waals surface area contributed by atoms with Gasteiger partial charge < -0.3 is 5.32 Å². The van der Waals surface area contributed by atoms with Gasteiger partial charge in [0.15, 0.2) is 0 Å². The Morgan fingerprint density at radius 3 is 3.08 bits per heavy atom. The molecule has 0 aliphatic carbocycles. The number of carbonyl (C=O) groups excluding carboxylic acids is 1. The maximum Gasteiger partial charge on any atom is 0.296 e. The molecule has 2 N–H and O–H groups in total. The van der Waals surface area contributed by atoms with Crippen molar-refractivity contribution in [3.05, 3.63) is 17.5 Å². The second-order valence-corrected chi connectivity index (χ2v) is 2.58. The van der Waals surface area contributed by atoms with Crippen LogP contribution in [0.5, 0.6) is 0 Å². The van der Waals surface area contributed by atoms with Crippen molar-refractivity contribution in [3.8, 4) is 11.8 Å². The molecule has 4 nitrogen and oxygen atoms in total. The number of hydrogen-bond acceptors (Lipinski definition) is 2. The predicted octanol–water partition coefficient (Wildman–Crippen LogP) is 0.358. The van der Waals surface area contributed by atoms with E-state index in [4.69, 9.17) is 0 Å². The Bertz CT molecular complexity index is 356. The number of hydrogen-bond donors (Lipinski definition) is 2. The Labute approximate surface area is 76.7 Å². The van der Waals surface area contributed by atoms with Crippen molar-refractivity contribution in [2.75, 3.05) is 0 Å². The summed E-state index contributed by atoms with van der Waals surface area (Å²) in [4.78, 5) is 10.9. The van der Waals surface area contributed by atoms with E-state index in [9.17, 15) is 4.79 Å². The second-order valence-electron chi connectivity index (χ2n) is 2.58. The number of aromatic amines is 1. The van der Waals surface area contributed by atoms with Crippen molar-refractivity contribution in [2.24, 2.45) is 0 Å². The third-order valence-corrected chi connectivity index (χ3v) is 1.61. The van der Waals surface area contributed by atoms with Crippen LogP contribution in [0.25, 0.3) is 0 Å². The van der Waals surface area contributed by atoms with Gasteiger partial charge in [0.25, 0.3) is 5.91 Å². The smallest absolute Gasteiger partial charge is 0.296 e. The number of nitrogens with zero attached hydrogens (tertiary/aromatic N) is 1. The number of aromatic nitrogens is 2. The molecular formula is C9H11N3O. The number of carbonyl (C=O) groups is 1. The van der Waals surface area contributed by atoms with E-state index in [1.54, 1.807) is 13.1 Å². The van der Waals surface area contributed by atoms with Gasteiger partial charge in [0.1, 0.15) is 0 Å². The van der Waals surface area contributed by atoms with E-state index in [0.29, 0.717) is 6.54 Å². The van der Waals surface area contributed by atoms with Gasteiger partial charge in [0.2, 0.25) is 0 Å². The molecule has 0 atom stereocenters. The van der Waals surface area contributed by atoms with E-state index in [1.807, 2.05) is 6.92 Å². The minimum Gasteiger partial charge on any atom is -0.341 e. The molecule has 1 heterocycles. The highest BCUT2D eigenvalue weighted by molar-refractivity contribution is 5.93. The highest BCUT2D eigenvalue weighted by Gasteiger charge is 2.00. The minimum absolute atomic E-state index is 0.261. The van der Waals surface area contributed by atoms with E-state index in [-0.39, 0.29) is 5.91 Å². The second kappa shape index (κ2) is 4.31. The summed E-state index contributed by atoms with van der Waals surface area (Å²) in [5.74, 6) is 4.66. The zero-order chi connectivity index (χ0) is 9.68. The highest BCUT2D eigenvalue weighted by atomic mass is 16.1. The zero-order valence-corrected chi connectivity index (χ0v) is 7.64. The van der Waals surface area contributed by atoms with Crippen LogP contribution in [0.1, 0.15) is 18.2 Å². The van der Waals surface area contributed by atoms with Crippen LogP contribution in [0, 0.1) is 18.8 Å². The molecule has 0 bridgehead atoms. The van der Waals surface area contributed by atoms with E-state index in [0.717, 1.165) is 11.3 Å². The average molecular weight is 177 g/mol. The number of H-pyrrole nitrogens is 1. The Kier molecular flexibility index (Phi) is 3.09. The molecule has 0 aliphatic heterocycles. The van der Waals surface area contributed by atoms with Gasteiger partial charge in [0, 0.05) is 17.8 Å². The van der Waals surface area contributed by atoms with E-state index >= 15 is 0 Å². The summed E-state index contributed by atoms with van der Waals surface area (Å²) in [7, 11) is 0. The van der Waals surface area contributed by atoms with Crippen molar-refractivity contribution < 1.29 is 4.79 Å². The quantitative estimate of drug-likeness (QED) is 0.641. The summed E-state index contributed by atoms with van der Waals surface area (Å²) >= 11 is 0. The Hall–Kier alpha value is -1.76. The zero-order valence-electron chi connectivity index (χ0n) is 7.64. The van der Waals surface area contributed by atoms with Gasteiger partial charge >= 0.3 is 0 Å². The number of rotatable bonds is 2. The number of nitrogens with one attached hydrogen (secondary N) is 2. The lowest BCUT2D eigenvalue weighted by Gasteiger charge is -1.98. The molecule has 0 saturated carbocycles. The highest BCUT2D eigenvalue weighted by Crippen LogP contribution is 2.00. The van der Waals surface area contributed by atoms with Crippen LogP contribution in [0.15, 0.2) is 6.20 Å². The number of aryl methyl sites for hydroxylation is 1. The SMILES string of the molecule is CC#CC(=O)NCc1cn[nH]c1C. The minimum atomic E-state index is -0.261. The first kappa shape index (κ1) is 9.33. The van der Waals surface area contributed by atoms with Crippen LogP contribution in [0.3, 0.4) is 0 Å². The lowest BCUT2D eigenvalue weighted by molar-refractivity contribution is -0.115. The first-order chi connectivity index (χ1) is 6.24. The first-order valence-corrected chi connectivity index (χ1v) is 3.93. The normalized spacial score (nSPS) is 8.77.